The SMILES string of the molecule is O=C1CN(CCOc2cccc(C(=O)O)c2)CCCN1. The molecule has 1 heterocycles. The molecule has 2 N–H and O–H groups in total. The van der Waals surface area contributed by atoms with Crippen molar-refractivity contribution < 1.29 is 19.4 Å². The molecule has 0 bridgehead atoms. The van der Waals surface area contributed by atoms with Gasteiger partial charge in [0.2, 0.25) is 5.91 Å². The maximum Gasteiger partial charge on any atom is 0.335 e. The van der Waals surface area contributed by atoms with Crippen molar-refractivity contribution in [2.75, 3.05) is 32.8 Å². The summed E-state index contributed by atoms with van der Waals surface area (Å²) in [5.74, 6) is -0.404. The first-order valence-electron chi connectivity index (χ1n) is 6.60. The molecule has 1 aromatic carbocycles. The van der Waals surface area contributed by atoms with Gasteiger partial charge in [0.25, 0.3) is 0 Å². The fourth-order valence-corrected chi connectivity index (χ4v) is 2.07. The van der Waals surface area contributed by atoms with Crippen molar-refractivity contribution in [3.05, 3.63) is 29.8 Å². The second-order valence-electron chi connectivity index (χ2n) is 4.66. The molecule has 6 heteroatoms. The van der Waals surface area contributed by atoms with E-state index in [-0.39, 0.29) is 11.5 Å². The van der Waals surface area contributed by atoms with E-state index in [1.807, 2.05) is 4.90 Å². The van der Waals surface area contributed by atoms with Gasteiger partial charge in [0.15, 0.2) is 0 Å². The second kappa shape index (κ2) is 6.91. The van der Waals surface area contributed by atoms with Crippen LogP contribution in [0.4, 0.5) is 0 Å². The highest BCUT2D eigenvalue weighted by Gasteiger charge is 2.14. The molecule has 1 aliphatic heterocycles. The van der Waals surface area contributed by atoms with Gasteiger partial charge in [-0.05, 0) is 24.6 Å². The smallest absolute Gasteiger partial charge is 0.335 e. The van der Waals surface area contributed by atoms with Crippen molar-refractivity contribution in [1.29, 1.82) is 0 Å². The van der Waals surface area contributed by atoms with E-state index in [4.69, 9.17) is 9.84 Å². The number of nitrogens with zero attached hydrogens (tertiary/aromatic N) is 1. The summed E-state index contributed by atoms with van der Waals surface area (Å²) in [5, 5.41) is 11.7. The maximum absolute atomic E-state index is 11.4. The molecule has 0 unspecified atom stereocenters. The molecule has 2 rings (SSSR count). The van der Waals surface area contributed by atoms with Crippen LogP contribution < -0.4 is 10.1 Å². The first kappa shape index (κ1) is 14.3. The first-order chi connectivity index (χ1) is 9.65. The topological polar surface area (TPSA) is 78.9 Å². The number of ether oxygens (including phenoxy) is 1. The summed E-state index contributed by atoms with van der Waals surface area (Å²) in [6.45, 7) is 3.04. The summed E-state index contributed by atoms with van der Waals surface area (Å²) in [4.78, 5) is 24.3. The zero-order chi connectivity index (χ0) is 14.4. The van der Waals surface area contributed by atoms with Crippen LogP contribution in [-0.2, 0) is 4.79 Å². The van der Waals surface area contributed by atoms with Crippen molar-refractivity contribution in [2.24, 2.45) is 0 Å². The second-order valence-corrected chi connectivity index (χ2v) is 4.66. The van der Waals surface area contributed by atoms with Crippen LogP contribution in [0.3, 0.4) is 0 Å². The van der Waals surface area contributed by atoms with Crippen molar-refractivity contribution in [3.8, 4) is 5.75 Å². The summed E-state index contributed by atoms with van der Waals surface area (Å²) in [6, 6.07) is 6.39. The van der Waals surface area contributed by atoms with Crippen molar-refractivity contribution in [1.82, 2.24) is 10.2 Å². The van der Waals surface area contributed by atoms with Crippen LogP contribution in [0.15, 0.2) is 24.3 Å². The Morgan fingerprint density at radius 2 is 2.30 bits per heavy atom. The number of carbonyl (C=O) groups is 2. The van der Waals surface area contributed by atoms with E-state index in [0.717, 1.165) is 19.5 Å². The number of carboxylic acids is 1. The first-order valence-corrected chi connectivity index (χ1v) is 6.60. The van der Waals surface area contributed by atoms with Gasteiger partial charge in [-0.2, -0.15) is 0 Å². The van der Waals surface area contributed by atoms with Gasteiger partial charge in [0.1, 0.15) is 12.4 Å². The molecule has 0 radical (unpaired) electrons. The zero-order valence-electron chi connectivity index (χ0n) is 11.2. The number of rotatable bonds is 5. The predicted molar refractivity (Wildman–Crippen MR) is 73.0 cm³/mol. The third kappa shape index (κ3) is 4.24. The summed E-state index contributed by atoms with van der Waals surface area (Å²) in [6.07, 6.45) is 0.931. The number of benzene rings is 1. The molecular weight excluding hydrogens is 260 g/mol. The van der Waals surface area contributed by atoms with E-state index >= 15 is 0 Å². The largest absolute Gasteiger partial charge is 0.492 e. The number of amides is 1. The average molecular weight is 278 g/mol. The lowest BCUT2D eigenvalue weighted by molar-refractivity contribution is -0.121. The molecule has 1 saturated heterocycles. The number of hydrogen-bond donors (Lipinski definition) is 2. The van der Waals surface area contributed by atoms with E-state index < -0.39 is 5.97 Å². The van der Waals surface area contributed by atoms with Gasteiger partial charge in [0, 0.05) is 19.6 Å². The Kier molecular flexibility index (Phi) is 4.95. The third-order valence-corrected chi connectivity index (χ3v) is 3.10. The standard InChI is InChI=1S/C14H18N2O4/c17-13-10-16(6-2-5-15-13)7-8-20-12-4-1-3-11(9-12)14(18)19/h1,3-4,9H,2,5-8,10H2,(H,15,17)(H,18,19). The van der Waals surface area contributed by atoms with Crippen molar-refractivity contribution in [2.45, 2.75) is 6.42 Å². The summed E-state index contributed by atoms with van der Waals surface area (Å²) in [5.41, 5.74) is 0.205. The molecule has 6 nitrogen and oxygen atoms in total. The van der Waals surface area contributed by atoms with E-state index in [2.05, 4.69) is 5.32 Å². The normalized spacial score (nSPS) is 16.3. The number of carboxylic acid groups (broad SMARTS) is 1. The molecule has 1 aliphatic rings. The zero-order valence-corrected chi connectivity index (χ0v) is 11.2. The molecule has 1 amide bonds. The van der Waals surface area contributed by atoms with Gasteiger partial charge in [0.05, 0.1) is 12.1 Å². The monoisotopic (exact) mass is 278 g/mol. The average Bonchev–Trinajstić information content (AvgIpc) is 2.63. The summed E-state index contributed by atoms with van der Waals surface area (Å²) >= 11 is 0. The molecule has 1 fully saturated rings. The Morgan fingerprint density at radius 3 is 3.10 bits per heavy atom. The minimum atomic E-state index is -0.973. The lowest BCUT2D eigenvalue weighted by Gasteiger charge is -2.18. The lowest BCUT2D eigenvalue weighted by atomic mass is 10.2. The third-order valence-electron chi connectivity index (χ3n) is 3.10. The van der Waals surface area contributed by atoms with Crippen LogP contribution in [-0.4, -0.2) is 54.7 Å². The van der Waals surface area contributed by atoms with E-state index in [1.54, 1.807) is 12.1 Å². The van der Waals surface area contributed by atoms with Gasteiger partial charge < -0.3 is 15.2 Å². The highest BCUT2D eigenvalue weighted by molar-refractivity contribution is 5.88. The van der Waals surface area contributed by atoms with Gasteiger partial charge >= 0.3 is 5.97 Å². The predicted octanol–water partition coefficient (Wildman–Crippen LogP) is 0.586. The minimum Gasteiger partial charge on any atom is -0.492 e. The van der Waals surface area contributed by atoms with Crippen molar-refractivity contribution in [3.63, 3.8) is 0 Å². The fourth-order valence-electron chi connectivity index (χ4n) is 2.07. The molecule has 108 valence electrons. The van der Waals surface area contributed by atoms with E-state index in [0.29, 0.717) is 25.4 Å². The number of hydrogen-bond acceptors (Lipinski definition) is 4. The minimum absolute atomic E-state index is 0.0374. The van der Waals surface area contributed by atoms with Crippen LogP contribution in [0.5, 0.6) is 5.75 Å². The molecule has 0 atom stereocenters. The molecule has 1 aromatic rings. The van der Waals surface area contributed by atoms with Gasteiger partial charge in [-0.1, -0.05) is 6.07 Å². The molecule has 0 aliphatic carbocycles. The van der Waals surface area contributed by atoms with Crippen LogP contribution in [0.25, 0.3) is 0 Å². The molecule has 0 aromatic heterocycles. The number of carbonyl (C=O) groups excluding carboxylic acids is 1. The molecule has 20 heavy (non-hydrogen) atoms. The van der Waals surface area contributed by atoms with Crippen LogP contribution >= 0.6 is 0 Å². The van der Waals surface area contributed by atoms with E-state index in [9.17, 15) is 9.59 Å². The van der Waals surface area contributed by atoms with Gasteiger partial charge in [-0.25, -0.2) is 4.79 Å². The van der Waals surface area contributed by atoms with Crippen LogP contribution in [0, 0.1) is 0 Å². The number of aromatic carboxylic acids is 1. The highest BCUT2D eigenvalue weighted by atomic mass is 16.5. The lowest BCUT2D eigenvalue weighted by Crippen LogP contribution is -2.35. The Labute approximate surface area is 117 Å². The Balaban J connectivity index is 1.81. The summed E-state index contributed by atoms with van der Waals surface area (Å²) in [7, 11) is 0. The van der Waals surface area contributed by atoms with Crippen molar-refractivity contribution >= 4 is 11.9 Å². The quantitative estimate of drug-likeness (QED) is 0.824. The number of nitrogens with one attached hydrogen (secondary N) is 1. The molecule has 0 spiro atoms. The van der Waals surface area contributed by atoms with Gasteiger partial charge in [-0.15, -0.1) is 0 Å². The van der Waals surface area contributed by atoms with Crippen LogP contribution in [0.2, 0.25) is 0 Å². The van der Waals surface area contributed by atoms with Gasteiger partial charge in [-0.3, -0.25) is 9.69 Å². The van der Waals surface area contributed by atoms with E-state index in [1.165, 1.54) is 12.1 Å². The Hall–Kier alpha value is -2.08. The maximum atomic E-state index is 11.4. The fraction of sp³-hybridized carbons (Fsp3) is 0.429. The Bertz CT molecular complexity index is 490. The van der Waals surface area contributed by atoms with Crippen LogP contribution in [0.1, 0.15) is 16.8 Å². The molecule has 0 saturated carbocycles. The summed E-state index contributed by atoms with van der Waals surface area (Å²) < 4.78 is 5.54. The molecular formula is C14H18N2O4. The highest BCUT2D eigenvalue weighted by Crippen LogP contribution is 2.13. The Morgan fingerprint density at radius 1 is 1.45 bits per heavy atom.